The molecule has 0 spiro atoms. The van der Waals surface area contributed by atoms with Gasteiger partial charge in [-0.15, -0.1) is 11.3 Å². The molecule has 9 heteroatoms. The van der Waals surface area contributed by atoms with Crippen molar-refractivity contribution >= 4 is 33.0 Å². The maximum Gasteiger partial charge on any atom is 0.238 e. The van der Waals surface area contributed by atoms with E-state index >= 15 is 0 Å². The van der Waals surface area contributed by atoms with E-state index in [4.69, 9.17) is 5.14 Å². The third kappa shape index (κ3) is 3.13. The van der Waals surface area contributed by atoms with Crippen molar-refractivity contribution in [2.45, 2.75) is 24.7 Å². The monoisotopic (exact) mass is 373 g/mol. The fourth-order valence-corrected chi connectivity index (χ4v) is 4.30. The van der Waals surface area contributed by atoms with E-state index in [1.165, 1.54) is 17.0 Å². The quantitative estimate of drug-likeness (QED) is 0.729. The number of thiazole rings is 1. The molecule has 1 aliphatic carbocycles. The molecule has 7 nitrogen and oxygen atoms in total. The summed E-state index contributed by atoms with van der Waals surface area (Å²) in [6.45, 7) is 1.99. The lowest BCUT2D eigenvalue weighted by Crippen LogP contribution is -2.12. The summed E-state index contributed by atoms with van der Waals surface area (Å²) in [5.74, 6) is 0.392. The Morgan fingerprint density at radius 3 is 2.84 bits per heavy atom. The molecule has 0 atom stereocenters. The van der Waals surface area contributed by atoms with Crippen LogP contribution >= 0.6 is 11.3 Å². The van der Waals surface area contributed by atoms with Crippen molar-refractivity contribution in [2.75, 3.05) is 5.32 Å². The zero-order chi connectivity index (χ0) is 17.6. The molecule has 0 bridgehead atoms. The Bertz CT molecular complexity index is 1080. The first-order chi connectivity index (χ1) is 11.9. The van der Waals surface area contributed by atoms with E-state index in [1.54, 1.807) is 29.7 Å². The van der Waals surface area contributed by atoms with Crippen molar-refractivity contribution in [3.05, 3.63) is 45.9 Å². The number of primary sulfonamides is 1. The van der Waals surface area contributed by atoms with Crippen LogP contribution in [-0.4, -0.2) is 23.4 Å². The van der Waals surface area contributed by atoms with Gasteiger partial charge in [-0.1, -0.05) is 6.07 Å². The number of rotatable bonds is 3. The maximum absolute atomic E-state index is 11.5. The van der Waals surface area contributed by atoms with E-state index in [1.807, 2.05) is 6.92 Å². The van der Waals surface area contributed by atoms with Gasteiger partial charge >= 0.3 is 0 Å². The lowest BCUT2D eigenvalue weighted by Gasteiger charge is -2.15. The summed E-state index contributed by atoms with van der Waals surface area (Å²) in [6, 6.07) is 6.24. The van der Waals surface area contributed by atoms with Gasteiger partial charge in [0, 0.05) is 16.8 Å². The highest BCUT2D eigenvalue weighted by Crippen LogP contribution is 2.35. The van der Waals surface area contributed by atoms with Gasteiger partial charge in [-0.05, 0) is 43.5 Å². The fourth-order valence-electron chi connectivity index (χ4n) is 2.81. The smallest absolute Gasteiger partial charge is 0.238 e. The molecule has 1 aliphatic rings. The van der Waals surface area contributed by atoms with Crippen LogP contribution in [0.3, 0.4) is 0 Å². The van der Waals surface area contributed by atoms with E-state index < -0.39 is 10.0 Å². The molecule has 2 heterocycles. The molecule has 128 valence electrons. The summed E-state index contributed by atoms with van der Waals surface area (Å²) < 4.78 is 23.0. The molecule has 3 N–H and O–H groups in total. The number of nitrogens with zero attached hydrogens (tertiary/aromatic N) is 3. The Kier molecular flexibility index (Phi) is 3.78. The predicted molar refractivity (Wildman–Crippen MR) is 96.4 cm³/mol. The number of nitrogens with one attached hydrogen (secondary N) is 1. The SMILES string of the molecule is Cc1nc2c(s1)CCc1cnc(Nc3cccc(S(N)(=O)=O)c3)nc1-2. The summed E-state index contributed by atoms with van der Waals surface area (Å²) >= 11 is 1.70. The molecule has 1 aromatic carbocycles. The lowest BCUT2D eigenvalue weighted by atomic mass is 10.00. The van der Waals surface area contributed by atoms with Gasteiger partial charge in [-0.3, -0.25) is 0 Å². The second-order valence-electron chi connectivity index (χ2n) is 5.77. The molecule has 0 amide bonds. The number of sulfonamides is 1. The molecule has 0 radical (unpaired) electrons. The minimum atomic E-state index is -3.76. The Hall–Kier alpha value is -2.36. The summed E-state index contributed by atoms with van der Waals surface area (Å²) in [4.78, 5) is 14.8. The third-order valence-electron chi connectivity index (χ3n) is 3.93. The lowest BCUT2D eigenvalue weighted by molar-refractivity contribution is 0.598. The topological polar surface area (TPSA) is 111 Å². The van der Waals surface area contributed by atoms with Crippen LogP contribution < -0.4 is 10.5 Å². The van der Waals surface area contributed by atoms with E-state index in [2.05, 4.69) is 20.3 Å². The van der Waals surface area contributed by atoms with Crippen LogP contribution in [0.1, 0.15) is 15.4 Å². The van der Waals surface area contributed by atoms with Crippen LogP contribution in [0, 0.1) is 6.92 Å². The summed E-state index contributed by atoms with van der Waals surface area (Å²) in [7, 11) is -3.76. The third-order valence-corrected chi connectivity index (χ3v) is 5.87. The number of anilines is 2. The average molecular weight is 373 g/mol. The van der Waals surface area contributed by atoms with Crippen molar-refractivity contribution in [3.63, 3.8) is 0 Å². The molecule has 0 aliphatic heterocycles. The normalized spacial score (nSPS) is 13.2. The Labute approximate surface area is 149 Å². The minimum absolute atomic E-state index is 0.0351. The highest BCUT2D eigenvalue weighted by atomic mass is 32.2. The van der Waals surface area contributed by atoms with Crippen molar-refractivity contribution in [1.29, 1.82) is 0 Å². The molecule has 2 aromatic heterocycles. The fraction of sp³-hybridized carbons (Fsp3) is 0.188. The Morgan fingerprint density at radius 2 is 2.04 bits per heavy atom. The number of aromatic nitrogens is 3. The second-order valence-corrected chi connectivity index (χ2v) is 8.62. The Morgan fingerprint density at radius 1 is 1.20 bits per heavy atom. The molecular formula is C16H15N5O2S2. The largest absolute Gasteiger partial charge is 0.324 e. The van der Waals surface area contributed by atoms with Gasteiger partial charge in [0.05, 0.1) is 15.6 Å². The van der Waals surface area contributed by atoms with Crippen molar-refractivity contribution in [2.24, 2.45) is 5.14 Å². The molecule has 3 aromatic rings. The van der Waals surface area contributed by atoms with Crippen LogP contribution in [-0.2, 0) is 22.9 Å². The molecular weight excluding hydrogens is 358 g/mol. The van der Waals surface area contributed by atoms with E-state index in [0.717, 1.165) is 34.8 Å². The van der Waals surface area contributed by atoms with Gasteiger partial charge in [-0.2, -0.15) is 0 Å². The van der Waals surface area contributed by atoms with Crippen LogP contribution in [0.25, 0.3) is 11.4 Å². The standard InChI is InChI=1S/C16H15N5O2S2/c1-9-19-15-13(24-9)6-5-10-8-18-16(21-14(10)15)20-11-3-2-4-12(7-11)25(17,22)23/h2-4,7-8H,5-6H2,1H3,(H2,17,22,23)(H,18,20,21). The summed E-state index contributed by atoms with van der Waals surface area (Å²) in [6.07, 6.45) is 3.65. The van der Waals surface area contributed by atoms with Gasteiger partial charge < -0.3 is 5.32 Å². The molecule has 0 saturated carbocycles. The first-order valence-electron chi connectivity index (χ1n) is 7.62. The van der Waals surface area contributed by atoms with Gasteiger partial charge in [0.15, 0.2) is 0 Å². The number of fused-ring (bicyclic) bond motifs is 3. The van der Waals surface area contributed by atoms with Crippen LogP contribution in [0.2, 0.25) is 0 Å². The zero-order valence-corrected chi connectivity index (χ0v) is 15.0. The molecule has 0 saturated heterocycles. The van der Waals surface area contributed by atoms with E-state index in [9.17, 15) is 8.42 Å². The number of benzene rings is 1. The van der Waals surface area contributed by atoms with Crippen LogP contribution in [0.5, 0.6) is 0 Å². The highest BCUT2D eigenvalue weighted by Gasteiger charge is 2.22. The molecule has 0 unspecified atom stereocenters. The average Bonchev–Trinajstić information content (AvgIpc) is 2.95. The van der Waals surface area contributed by atoms with Gasteiger partial charge in [-0.25, -0.2) is 28.5 Å². The van der Waals surface area contributed by atoms with E-state index in [-0.39, 0.29) is 4.90 Å². The highest BCUT2D eigenvalue weighted by molar-refractivity contribution is 7.89. The molecule has 0 fully saturated rings. The number of hydrogen-bond acceptors (Lipinski definition) is 7. The first kappa shape index (κ1) is 16.1. The summed E-state index contributed by atoms with van der Waals surface area (Å²) in [5, 5.41) is 9.23. The van der Waals surface area contributed by atoms with Crippen molar-refractivity contribution < 1.29 is 8.42 Å². The Balaban J connectivity index is 1.70. The number of hydrogen-bond donors (Lipinski definition) is 2. The van der Waals surface area contributed by atoms with Gasteiger partial charge in [0.1, 0.15) is 5.69 Å². The van der Waals surface area contributed by atoms with Crippen LogP contribution in [0.4, 0.5) is 11.6 Å². The molecule has 4 rings (SSSR count). The van der Waals surface area contributed by atoms with Crippen molar-refractivity contribution in [3.8, 4) is 11.4 Å². The molecule has 25 heavy (non-hydrogen) atoms. The second kappa shape index (κ2) is 5.87. The first-order valence-corrected chi connectivity index (χ1v) is 9.99. The summed E-state index contributed by atoms with van der Waals surface area (Å²) in [5.41, 5.74) is 3.39. The maximum atomic E-state index is 11.5. The van der Waals surface area contributed by atoms with Gasteiger partial charge in [0.25, 0.3) is 0 Å². The van der Waals surface area contributed by atoms with Crippen LogP contribution in [0.15, 0.2) is 35.4 Å². The minimum Gasteiger partial charge on any atom is -0.324 e. The number of nitrogens with two attached hydrogens (primary N) is 1. The van der Waals surface area contributed by atoms with Crippen molar-refractivity contribution in [1.82, 2.24) is 15.0 Å². The van der Waals surface area contributed by atoms with Gasteiger partial charge in [0.2, 0.25) is 16.0 Å². The zero-order valence-electron chi connectivity index (χ0n) is 13.4. The number of aryl methyl sites for hydroxylation is 3. The van der Waals surface area contributed by atoms with E-state index in [0.29, 0.717) is 11.6 Å². The predicted octanol–water partition coefficient (Wildman–Crippen LogP) is 2.40.